The lowest BCUT2D eigenvalue weighted by molar-refractivity contribution is -0.146. The van der Waals surface area contributed by atoms with Gasteiger partial charge in [0.25, 0.3) is 0 Å². The number of thioether (sulfide) groups is 1. The fraction of sp³-hybridized carbons (Fsp3) is 0.800. The number of carbonyl (C=O) groups excluding carboxylic acids is 1. The van der Waals surface area contributed by atoms with Crippen LogP contribution in [-0.2, 0) is 9.59 Å². The van der Waals surface area contributed by atoms with Crippen LogP contribution in [0.2, 0.25) is 0 Å². The first-order valence-corrected chi connectivity index (χ1v) is 6.22. The molecule has 0 saturated carbocycles. The molecule has 5 heteroatoms. The monoisotopic (exact) mass is 231 g/mol. The third-order valence-corrected chi connectivity index (χ3v) is 3.72. The molecule has 0 aromatic carbocycles. The van der Waals surface area contributed by atoms with E-state index in [0.717, 1.165) is 24.3 Å². The van der Waals surface area contributed by atoms with Crippen LogP contribution < -0.4 is 5.32 Å². The van der Waals surface area contributed by atoms with Crippen LogP contribution in [0.4, 0.5) is 0 Å². The molecule has 1 atom stereocenters. The maximum absolute atomic E-state index is 11.7. The maximum Gasteiger partial charge on any atom is 0.328 e. The van der Waals surface area contributed by atoms with Gasteiger partial charge in [0, 0.05) is 11.7 Å². The second kappa shape index (κ2) is 4.88. The van der Waals surface area contributed by atoms with E-state index in [4.69, 9.17) is 5.11 Å². The predicted octanol–water partition coefficient (Wildman–Crippen LogP) is 1.11. The van der Waals surface area contributed by atoms with Crippen LogP contribution in [0.25, 0.3) is 0 Å². The Hall–Kier alpha value is -0.710. The number of nitrogens with one attached hydrogen (secondary N) is 1. The number of carboxylic acids is 1. The van der Waals surface area contributed by atoms with Crippen molar-refractivity contribution in [2.45, 2.75) is 32.2 Å². The van der Waals surface area contributed by atoms with Crippen molar-refractivity contribution in [1.82, 2.24) is 5.32 Å². The van der Waals surface area contributed by atoms with Gasteiger partial charge in [-0.2, -0.15) is 11.8 Å². The highest BCUT2D eigenvalue weighted by Crippen LogP contribution is 2.23. The zero-order valence-corrected chi connectivity index (χ0v) is 9.89. The topological polar surface area (TPSA) is 66.4 Å². The van der Waals surface area contributed by atoms with Gasteiger partial charge < -0.3 is 10.4 Å². The summed E-state index contributed by atoms with van der Waals surface area (Å²) in [4.78, 5) is 22.5. The Bertz CT molecular complexity index is 259. The van der Waals surface area contributed by atoms with Gasteiger partial charge in [0.15, 0.2) is 0 Å². The van der Waals surface area contributed by atoms with Crippen LogP contribution in [-0.4, -0.2) is 34.0 Å². The lowest BCUT2D eigenvalue weighted by Gasteiger charge is -2.26. The summed E-state index contributed by atoms with van der Waals surface area (Å²) in [6, 6.07) is 0. The number of carbonyl (C=O) groups is 2. The minimum Gasteiger partial charge on any atom is -0.480 e. The second-order valence-corrected chi connectivity index (χ2v) is 5.48. The molecular formula is C10H17NO3S. The number of amides is 1. The summed E-state index contributed by atoms with van der Waals surface area (Å²) in [5, 5.41) is 11.4. The molecule has 0 aromatic heterocycles. The van der Waals surface area contributed by atoms with E-state index in [0.29, 0.717) is 0 Å². The summed E-state index contributed by atoms with van der Waals surface area (Å²) in [5.41, 5.74) is -1.17. The van der Waals surface area contributed by atoms with Gasteiger partial charge >= 0.3 is 5.97 Å². The highest BCUT2D eigenvalue weighted by Gasteiger charge is 2.32. The Morgan fingerprint density at radius 3 is 2.60 bits per heavy atom. The van der Waals surface area contributed by atoms with Gasteiger partial charge in [-0.1, -0.05) is 0 Å². The molecule has 1 amide bonds. The minimum atomic E-state index is -1.17. The van der Waals surface area contributed by atoms with Crippen LogP contribution >= 0.6 is 11.8 Å². The van der Waals surface area contributed by atoms with Crippen LogP contribution in [0.3, 0.4) is 0 Å². The van der Waals surface area contributed by atoms with Crippen LogP contribution in [0.5, 0.6) is 0 Å². The Balaban J connectivity index is 2.50. The van der Waals surface area contributed by atoms with Crippen molar-refractivity contribution in [2.24, 2.45) is 5.92 Å². The first kappa shape index (κ1) is 12.4. The summed E-state index contributed by atoms with van der Waals surface area (Å²) in [6.07, 6.45) is 1.91. The molecule has 1 fully saturated rings. The fourth-order valence-corrected chi connectivity index (χ4v) is 2.55. The van der Waals surface area contributed by atoms with E-state index >= 15 is 0 Å². The molecule has 1 heterocycles. The van der Waals surface area contributed by atoms with Crippen LogP contribution in [0.1, 0.15) is 26.7 Å². The predicted molar refractivity (Wildman–Crippen MR) is 59.9 cm³/mol. The van der Waals surface area contributed by atoms with Gasteiger partial charge in [-0.15, -0.1) is 0 Å². The van der Waals surface area contributed by atoms with Crippen molar-refractivity contribution in [3.05, 3.63) is 0 Å². The Labute approximate surface area is 93.8 Å². The van der Waals surface area contributed by atoms with Gasteiger partial charge in [-0.05, 0) is 32.4 Å². The summed E-state index contributed by atoms with van der Waals surface area (Å²) >= 11 is 1.76. The third-order valence-electron chi connectivity index (χ3n) is 2.50. The van der Waals surface area contributed by atoms with Crippen molar-refractivity contribution in [1.29, 1.82) is 0 Å². The summed E-state index contributed by atoms with van der Waals surface area (Å²) in [7, 11) is 0. The van der Waals surface area contributed by atoms with E-state index in [1.54, 1.807) is 11.8 Å². The zero-order chi connectivity index (χ0) is 11.5. The maximum atomic E-state index is 11.7. The molecule has 0 aliphatic carbocycles. The Kier molecular flexibility index (Phi) is 4.02. The lowest BCUT2D eigenvalue weighted by atomic mass is 10.0. The smallest absolute Gasteiger partial charge is 0.328 e. The van der Waals surface area contributed by atoms with Crippen LogP contribution in [0, 0.1) is 5.92 Å². The SMILES string of the molecule is CC(C)(NC(=O)C1CCCSC1)C(=O)O. The highest BCUT2D eigenvalue weighted by atomic mass is 32.2. The first-order chi connectivity index (χ1) is 6.93. The molecule has 0 radical (unpaired) electrons. The van der Waals surface area contributed by atoms with Crippen molar-refractivity contribution < 1.29 is 14.7 Å². The standard InChI is InChI=1S/C10H17NO3S/c1-10(2,9(13)14)11-8(12)7-4-3-5-15-6-7/h7H,3-6H2,1-2H3,(H,11,12)(H,13,14). The lowest BCUT2D eigenvalue weighted by Crippen LogP contribution is -2.52. The molecule has 4 nitrogen and oxygen atoms in total. The molecule has 1 saturated heterocycles. The van der Waals surface area contributed by atoms with Crippen molar-refractivity contribution in [3.63, 3.8) is 0 Å². The average molecular weight is 231 g/mol. The van der Waals surface area contributed by atoms with E-state index in [-0.39, 0.29) is 11.8 Å². The number of aliphatic carboxylic acids is 1. The fourth-order valence-electron chi connectivity index (χ4n) is 1.41. The van der Waals surface area contributed by atoms with E-state index in [1.165, 1.54) is 13.8 Å². The van der Waals surface area contributed by atoms with Gasteiger partial charge in [-0.3, -0.25) is 4.79 Å². The average Bonchev–Trinajstić information content (AvgIpc) is 2.18. The molecule has 1 aliphatic heterocycles. The van der Waals surface area contributed by atoms with Crippen molar-refractivity contribution in [3.8, 4) is 0 Å². The molecule has 1 rings (SSSR count). The molecule has 86 valence electrons. The van der Waals surface area contributed by atoms with E-state index in [1.807, 2.05) is 0 Å². The largest absolute Gasteiger partial charge is 0.480 e. The summed E-state index contributed by atoms with van der Waals surface area (Å²) in [5.74, 6) is 0.754. The summed E-state index contributed by atoms with van der Waals surface area (Å²) < 4.78 is 0. The minimum absolute atomic E-state index is 0.0256. The molecule has 1 unspecified atom stereocenters. The van der Waals surface area contributed by atoms with E-state index in [2.05, 4.69) is 5.32 Å². The molecule has 0 aromatic rings. The molecule has 15 heavy (non-hydrogen) atoms. The summed E-state index contributed by atoms with van der Waals surface area (Å²) in [6.45, 7) is 3.01. The molecule has 0 bridgehead atoms. The molecule has 1 aliphatic rings. The number of hydrogen-bond donors (Lipinski definition) is 2. The third kappa shape index (κ3) is 3.41. The van der Waals surface area contributed by atoms with Crippen molar-refractivity contribution in [2.75, 3.05) is 11.5 Å². The van der Waals surface area contributed by atoms with Crippen molar-refractivity contribution >= 4 is 23.6 Å². The number of carboxylic acid groups (broad SMARTS) is 1. The van der Waals surface area contributed by atoms with E-state index < -0.39 is 11.5 Å². The Morgan fingerprint density at radius 2 is 2.13 bits per heavy atom. The number of hydrogen-bond acceptors (Lipinski definition) is 3. The normalized spacial score (nSPS) is 22.1. The van der Waals surface area contributed by atoms with E-state index in [9.17, 15) is 9.59 Å². The van der Waals surface area contributed by atoms with Crippen LogP contribution in [0.15, 0.2) is 0 Å². The van der Waals surface area contributed by atoms with Gasteiger partial charge in [-0.25, -0.2) is 4.79 Å². The molecular weight excluding hydrogens is 214 g/mol. The highest BCUT2D eigenvalue weighted by molar-refractivity contribution is 7.99. The van der Waals surface area contributed by atoms with Gasteiger partial charge in [0.1, 0.15) is 5.54 Å². The second-order valence-electron chi connectivity index (χ2n) is 4.33. The van der Waals surface area contributed by atoms with Gasteiger partial charge in [0.2, 0.25) is 5.91 Å². The number of rotatable bonds is 3. The van der Waals surface area contributed by atoms with Gasteiger partial charge in [0.05, 0.1) is 0 Å². The quantitative estimate of drug-likeness (QED) is 0.763. The molecule has 0 spiro atoms. The first-order valence-electron chi connectivity index (χ1n) is 5.06. The Morgan fingerprint density at radius 1 is 1.47 bits per heavy atom. The molecule has 2 N–H and O–H groups in total. The zero-order valence-electron chi connectivity index (χ0n) is 9.08.